The van der Waals surface area contributed by atoms with Crippen LogP contribution in [0.4, 0.5) is 5.95 Å². The number of hydrogen-bond acceptors (Lipinski definition) is 5. The molecule has 140 valence electrons. The van der Waals surface area contributed by atoms with Crippen molar-refractivity contribution in [2.24, 2.45) is 0 Å². The Bertz CT molecular complexity index is 1090. The first-order chi connectivity index (χ1) is 13.6. The van der Waals surface area contributed by atoms with Gasteiger partial charge >= 0.3 is 0 Å². The van der Waals surface area contributed by atoms with Gasteiger partial charge in [0, 0.05) is 11.6 Å². The summed E-state index contributed by atoms with van der Waals surface area (Å²) in [6, 6.07) is 17.6. The van der Waals surface area contributed by atoms with E-state index in [4.69, 9.17) is 4.52 Å². The van der Waals surface area contributed by atoms with Crippen LogP contribution in [-0.2, 0) is 6.54 Å². The normalized spacial score (nSPS) is 10.8. The molecule has 0 radical (unpaired) electrons. The number of hydrogen-bond donors (Lipinski definition) is 1. The molecule has 0 aliphatic heterocycles. The maximum Gasteiger partial charge on any atom is 0.280 e. The topological polar surface area (TPSA) is 85.8 Å². The molecule has 1 N–H and O–H groups in total. The largest absolute Gasteiger partial charge is 0.355 e. The Labute approximate surface area is 162 Å². The number of aromatic nitrogens is 4. The van der Waals surface area contributed by atoms with Gasteiger partial charge in [-0.1, -0.05) is 64.8 Å². The smallest absolute Gasteiger partial charge is 0.280 e. The molecule has 0 bridgehead atoms. The standard InChI is InChI=1S/C21H19N5O2/c1-14-3-7-16(8-4-14)12-26-13-22-21(24-26)23-20(27)18-11-19(28-25-18)17-9-5-15(2)6-10-17/h3-11,13H,12H2,1-2H3,(H,23,24,27). The minimum atomic E-state index is -0.421. The number of benzene rings is 2. The highest BCUT2D eigenvalue weighted by molar-refractivity contribution is 6.02. The molecule has 0 spiro atoms. The lowest BCUT2D eigenvalue weighted by molar-refractivity contribution is 0.101. The van der Waals surface area contributed by atoms with E-state index < -0.39 is 5.91 Å². The van der Waals surface area contributed by atoms with E-state index in [2.05, 4.69) is 20.6 Å². The predicted molar refractivity (Wildman–Crippen MR) is 105 cm³/mol. The fraction of sp³-hybridized carbons (Fsp3) is 0.143. The molecule has 0 atom stereocenters. The Morgan fingerprint density at radius 2 is 1.71 bits per heavy atom. The lowest BCUT2D eigenvalue weighted by Gasteiger charge is -2.01. The highest BCUT2D eigenvalue weighted by atomic mass is 16.5. The Hall–Kier alpha value is -3.74. The molecule has 0 saturated heterocycles. The molecular formula is C21H19N5O2. The molecule has 0 fully saturated rings. The van der Waals surface area contributed by atoms with Gasteiger partial charge in [0.1, 0.15) is 6.33 Å². The summed E-state index contributed by atoms with van der Waals surface area (Å²) in [4.78, 5) is 16.5. The second kappa shape index (κ2) is 7.48. The van der Waals surface area contributed by atoms with E-state index in [0.717, 1.165) is 16.7 Å². The van der Waals surface area contributed by atoms with Crippen molar-refractivity contribution in [3.05, 3.63) is 83.3 Å². The summed E-state index contributed by atoms with van der Waals surface area (Å²) < 4.78 is 6.95. The van der Waals surface area contributed by atoms with Crippen molar-refractivity contribution in [2.45, 2.75) is 20.4 Å². The van der Waals surface area contributed by atoms with Crippen molar-refractivity contribution in [1.82, 2.24) is 19.9 Å². The van der Waals surface area contributed by atoms with Crippen LogP contribution in [0.15, 0.2) is 65.4 Å². The van der Waals surface area contributed by atoms with Crippen LogP contribution in [0.2, 0.25) is 0 Å². The summed E-state index contributed by atoms with van der Waals surface area (Å²) in [5, 5.41) is 10.8. The van der Waals surface area contributed by atoms with Gasteiger partial charge in [-0.3, -0.25) is 10.1 Å². The van der Waals surface area contributed by atoms with Crippen molar-refractivity contribution < 1.29 is 9.32 Å². The third-order valence-electron chi connectivity index (χ3n) is 4.31. The Balaban J connectivity index is 1.42. The van der Waals surface area contributed by atoms with Gasteiger partial charge in [0.2, 0.25) is 5.95 Å². The number of aryl methyl sites for hydroxylation is 2. The van der Waals surface area contributed by atoms with Crippen LogP contribution in [-0.4, -0.2) is 25.8 Å². The third-order valence-corrected chi connectivity index (χ3v) is 4.31. The number of rotatable bonds is 5. The number of carbonyl (C=O) groups is 1. The zero-order valence-corrected chi connectivity index (χ0v) is 15.6. The molecule has 4 rings (SSSR count). The first-order valence-corrected chi connectivity index (χ1v) is 8.87. The highest BCUT2D eigenvalue weighted by Crippen LogP contribution is 2.21. The summed E-state index contributed by atoms with van der Waals surface area (Å²) in [5.74, 6) is 0.329. The van der Waals surface area contributed by atoms with E-state index in [1.54, 1.807) is 17.1 Å². The van der Waals surface area contributed by atoms with Gasteiger partial charge in [-0.2, -0.15) is 0 Å². The summed E-state index contributed by atoms with van der Waals surface area (Å²) in [6.45, 7) is 4.62. The highest BCUT2D eigenvalue weighted by Gasteiger charge is 2.15. The fourth-order valence-electron chi connectivity index (χ4n) is 2.71. The molecule has 4 aromatic rings. The van der Waals surface area contributed by atoms with E-state index in [0.29, 0.717) is 12.3 Å². The zero-order chi connectivity index (χ0) is 19.5. The molecule has 7 heteroatoms. The SMILES string of the molecule is Cc1ccc(Cn2cnc(NC(=O)c3cc(-c4ccc(C)cc4)on3)n2)cc1. The van der Waals surface area contributed by atoms with Crippen molar-refractivity contribution in [2.75, 3.05) is 5.32 Å². The lowest BCUT2D eigenvalue weighted by atomic mass is 10.1. The molecule has 28 heavy (non-hydrogen) atoms. The second-order valence-corrected chi connectivity index (χ2v) is 6.65. The Morgan fingerprint density at radius 3 is 2.43 bits per heavy atom. The van der Waals surface area contributed by atoms with Crippen molar-refractivity contribution >= 4 is 11.9 Å². The maximum atomic E-state index is 12.4. The molecule has 7 nitrogen and oxygen atoms in total. The summed E-state index contributed by atoms with van der Waals surface area (Å²) >= 11 is 0. The summed E-state index contributed by atoms with van der Waals surface area (Å²) in [7, 11) is 0. The molecule has 0 saturated carbocycles. The molecule has 0 aliphatic rings. The first kappa shape index (κ1) is 17.7. The quantitative estimate of drug-likeness (QED) is 0.574. The molecular weight excluding hydrogens is 354 g/mol. The molecule has 0 aliphatic carbocycles. The van der Waals surface area contributed by atoms with Gasteiger partial charge in [0.15, 0.2) is 11.5 Å². The molecule has 2 aromatic heterocycles. The van der Waals surface area contributed by atoms with Crippen LogP contribution >= 0.6 is 0 Å². The van der Waals surface area contributed by atoms with Crippen LogP contribution in [0.1, 0.15) is 27.2 Å². The van der Waals surface area contributed by atoms with E-state index in [1.807, 2.05) is 62.4 Å². The monoisotopic (exact) mass is 373 g/mol. The average Bonchev–Trinajstić information content (AvgIpc) is 3.34. The number of anilines is 1. The second-order valence-electron chi connectivity index (χ2n) is 6.65. The minimum Gasteiger partial charge on any atom is -0.355 e. The molecule has 2 heterocycles. The van der Waals surface area contributed by atoms with Gasteiger partial charge < -0.3 is 4.52 Å². The Morgan fingerprint density at radius 1 is 1.04 bits per heavy atom. The van der Waals surface area contributed by atoms with E-state index in [9.17, 15) is 4.79 Å². The number of nitrogens with zero attached hydrogens (tertiary/aromatic N) is 4. The van der Waals surface area contributed by atoms with E-state index in [-0.39, 0.29) is 11.6 Å². The summed E-state index contributed by atoms with van der Waals surface area (Å²) in [5.41, 5.74) is 4.48. The number of amides is 1. The van der Waals surface area contributed by atoms with Crippen LogP contribution in [0.3, 0.4) is 0 Å². The summed E-state index contributed by atoms with van der Waals surface area (Å²) in [6.07, 6.45) is 1.58. The molecule has 2 aromatic carbocycles. The first-order valence-electron chi connectivity index (χ1n) is 8.87. The van der Waals surface area contributed by atoms with Gasteiger partial charge in [-0.15, -0.1) is 5.10 Å². The fourth-order valence-corrected chi connectivity index (χ4v) is 2.71. The van der Waals surface area contributed by atoms with Gasteiger partial charge in [0.25, 0.3) is 5.91 Å². The molecule has 0 unspecified atom stereocenters. The van der Waals surface area contributed by atoms with E-state index in [1.165, 1.54) is 5.56 Å². The van der Waals surface area contributed by atoms with Crippen LogP contribution < -0.4 is 5.32 Å². The van der Waals surface area contributed by atoms with Crippen molar-refractivity contribution in [3.63, 3.8) is 0 Å². The predicted octanol–water partition coefficient (Wildman–Crippen LogP) is 3.85. The Kier molecular flexibility index (Phi) is 4.72. The zero-order valence-electron chi connectivity index (χ0n) is 15.6. The van der Waals surface area contributed by atoms with Gasteiger partial charge in [0.05, 0.1) is 6.54 Å². The van der Waals surface area contributed by atoms with Gasteiger partial charge in [-0.05, 0) is 19.4 Å². The van der Waals surface area contributed by atoms with E-state index >= 15 is 0 Å². The lowest BCUT2D eigenvalue weighted by Crippen LogP contribution is -2.13. The maximum absolute atomic E-state index is 12.4. The van der Waals surface area contributed by atoms with Crippen LogP contribution in [0.25, 0.3) is 11.3 Å². The number of carbonyl (C=O) groups excluding carboxylic acids is 1. The third kappa shape index (κ3) is 3.98. The average molecular weight is 373 g/mol. The van der Waals surface area contributed by atoms with Gasteiger partial charge in [-0.25, -0.2) is 9.67 Å². The van der Waals surface area contributed by atoms with Crippen molar-refractivity contribution in [1.29, 1.82) is 0 Å². The number of nitrogens with one attached hydrogen (secondary N) is 1. The van der Waals surface area contributed by atoms with Crippen molar-refractivity contribution in [3.8, 4) is 11.3 Å². The molecule has 1 amide bonds. The van der Waals surface area contributed by atoms with Crippen LogP contribution in [0, 0.1) is 13.8 Å². The van der Waals surface area contributed by atoms with Crippen LogP contribution in [0.5, 0.6) is 0 Å². The minimum absolute atomic E-state index is 0.172.